The van der Waals surface area contributed by atoms with Crippen molar-refractivity contribution in [3.63, 3.8) is 0 Å². The first-order valence-electron chi connectivity index (χ1n) is 8.63. The molecule has 6 nitrogen and oxygen atoms in total. The van der Waals surface area contributed by atoms with Crippen molar-refractivity contribution in [3.8, 4) is 22.6 Å². The van der Waals surface area contributed by atoms with Crippen molar-refractivity contribution in [2.24, 2.45) is 0 Å². The first-order chi connectivity index (χ1) is 13.5. The van der Waals surface area contributed by atoms with Gasteiger partial charge in [0.15, 0.2) is 11.5 Å². The van der Waals surface area contributed by atoms with Crippen molar-refractivity contribution in [1.82, 2.24) is 29.0 Å². The van der Waals surface area contributed by atoms with Gasteiger partial charge in [0, 0.05) is 34.7 Å². The number of rotatable bonds is 2. The topological polar surface area (TPSA) is 60.4 Å². The molecule has 0 aliphatic heterocycles. The Kier molecular flexibility index (Phi) is 3.86. The fourth-order valence-corrected chi connectivity index (χ4v) is 3.55. The van der Waals surface area contributed by atoms with Gasteiger partial charge in [0.2, 0.25) is 0 Å². The largest absolute Gasteiger partial charge is 0.306 e. The molecular formula is C20H14Cl2N6. The number of hydrogen-bond acceptors (Lipinski definition) is 4. The van der Waals surface area contributed by atoms with Crippen LogP contribution in [0.4, 0.5) is 0 Å². The number of pyridine rings is 1. The van der Waals surface area contributed by atoms with Crippen molar-refractivity contribution >= 4 is 34.5 Å². The molecule has 0 radical (unpaired) electrons. The summed E-state index contributed by atoms with van der Waals surface area (Å²) in [5, 5.41) is 5.85. The summed E-state index contributed by atoms with van der Waals surface area (Å²) >= 11 is 12.4. The van der Waals surface area contributed by atoms with Gasteiger partial charge in [-0.05, 0) is 44.2 Å². The van der Waals surface area contributed by atoms with Crippen molar-refractivity contribution in [2.75, 3.05) is 0 Å². The Morgan fingerprint density at radius 3 is 2.68 bits per heavy atom. The van der Waals surface area contributed by atoms with Crippen LogP contribution in [0.5, 0.6) is 0 Å². The first-order valence-corrected chi connectivity index (χ1v) is 9.39. The van der Waals surface area contributed by atoms with Crippen LogP contribution in [0.1, 0.15) is 11.4 Å². The number of benzene rings is 1. The van der Waals surface area contributed by atoms with E-state index in [2.05, 4.69) is 15.1 Å². The second kappa shape index (κ2) is 6.29. The van der Waals surface area contributed by atoms with Crippen LogP contribution in [0.3, 0.4) is 0 Å². The smallest absolute Gasteiger partial charge is 0.182 e. The molecule has 0 N–H and O–H groups in total. The molecule has 5 aromatic rings. The van der Waals surface area contributed by atoms with E-state index in [9.17, 15) is 0 Å². The fraction of sp³-hybridized carbons (Fsp3) is 0.100. The molecule has 0 atom stereocenters. The number of halogens is 2. The van der Waals surface area contributed by atoms with Crippen molar-refractivity contribution in [1.29, 1.82) is 0 Å². The lowest BCUT2D eigenvalue weighted by molar-refractivity contribution is 0.891. The van der Waals surface area contributed by atoms with Gasteiger partial charge in [-0.1, -0.05) is 23.2 Å². The highest BCUT2D eigenvalue weighted by molar-refractivity contribution is 6.35. The van der Waals surface area contributed by atoms with Crippen LogP contribution >= 0.6 is 23.2 Å². The lowest BCUT2D eigenvalue weighted by Gasteiger charge is -2.00. The van der Waals surface area contributed by atoms with Gasteiger partial charge in [-0.2, -0.15) is 0 Å². The molecule has 0 amide bonds. The van der Waals surface area contributed by atoms with Crippen LogP contribution < -0.4 is 0 Å². The van der Waals surface area contributed by atoms with Crippen LogP contribution in [-0.2, 0) is 0 Å². The van der Waals surface area contributed by atoms with Gasteiger partial charge in [0.05, 0.1) is 22.1 Å². The molecule has 138 valence electrons. The van der Waals surface area contributed by atoms with E-state index in [0.717, 1.165) is 39.5 Å². The zero-order valence-electron chi connectivity index (χ0n) is 15.1. The van der Waals surface area contributed by atoms with Gasteiger partial charge in [-0.15, -0.1) is 5.10 Å². The van der Waals surface area contributed by atoms with Gasteiger partial charge >= 0.3 is 0 Å². The third-order valence-corrected chi connectivity index (χ3v) is 5.20. The minimum Gasteiger partial charge on any atom is -0.306 e. The number of imidazole rings is 1. The van der Waals surface area contributed by atoms with Gasteiger partial charge in [-0.25, -0.2) is 14.5 Å². The van der Waals surface area contributed by atoms with Gasteiger partial charge in [0.25, 0.3) is 0 Å². The quantitative estimate of drug-likeness (QED) is 0.410. The molecule has 0 saturated heterocycles. The number of aryl methyl sites for hydroxylation is 2. The third-order valence-electron chi connectivity index (χ3n) is 4.63. The number of fused-ring (bicyclic) bond motifs is 2. The number of nitrogens with zero attached hydrogens (tertiary/aromatic N) is 6. The van der Waals surface area contributed by atoms with Crippen molar-refractivity contribution in [3.05, 3.63) is 70.4 Å². The number of aromatic nitrogens is 6. The predicted octanol–water partition coefficient (Wildman–Crippen LogP) is 5.03. The molecule has 0 unspecified atom stereocenters. The molecule has 0 bridgehead atoms. The molecule has 4 heterocycles. The molecular weight excluding hydrogens is 395 g/mol. The summed E-state index contributed by atoms with van der Waals surface area (Å²) in [5.41, 5.74) is 5.72. The van der Waals surface area contributed by atoms with E-state index in [1.165, 1.54) is 0 Å². The summed E-state index contributed by atoms with van der Waals surface area (Å²) in [6.07, 6.45) is 5.65. The second-order valence-electron chi connectivity index (χ2n) is 6.59. The van der Waals surface area contributed by atoms with Crippen LogP contribution in [0, 0.1) is 13.8 Å². The summed E-state index contributed by atoms with van der Waals surface area (Å²) in [6, 6.07) is 9.26. The Bertz CT molecular complexity index is 1330. The van der Waals surface area contributed by atoms with E-state index in [0.29, 0.717) is 15.9 Å². The molecule has 4 aromatic heterocycles. The Balaban J connectivity index is 1.64. The zero-order chi connectivity index (χ0) is 19.4. The van der Waals surface area contributed by atoms with Crippen LogP contribution in [0.15, 0.2) is 48.9 Å². The molecule has 0 spiro atoms. The average Bonchev–Trinajstić information content (AvgIpc) is 3.31. The molecule has 0 aliphatic carbocycles. The normalized spacial score (nSPS) is 11.6. The highest BCUT2D eigenvalue weighted by Crippen LogP contribution is 2.30. The maximum absolute atomic E-state index is 6.32. The average molecular weight is 409 g/mol. The standard InChI is InChI=1S/C20H14Cl2N6/c1-11-9-23-12(2)20-25-19(26-28(11)20)13-5-6-27-10-17(24-18(27)7-13)15-8-14(21)3-4-16(15)22/h3-10H,1-2H3. The highest BCUT2D eigenvalue weighted by atomic mass is 35.5. The monoisotopic (exact) mass is 408 g/mol. The highest BCUT2D eigenvalue weighted by Gasteiger charge is 2.13. The summed E-state index contributed by atoms with van der Waals surface area (Å²) < 4.78 is 3.74. The maximum Gasteiger partial charge on any atom is 0.182 e. The minimum absolute atomic E-state index is 0.605. The van der Waals surface area contributed by atoms with E-state index in [-0.39, 0.29) is 0 Å². The summed E-state index contributed by atoms with van der Waals surface area (Å²) in [4.78, 5) is 13.7. The van der Waals surface area contributed by atoms with E-state index in [1.54, 1.807) is 18.3 Å². The first kappa shape index (κ1) is 17.2. The second-order valence-corrected chi connectivity index (χ2v) is 7.43. The fourth-order valence-electron chi connectivity index (χ4n) is 3.16. The molecule has 8 heteroatoms. The molecule has 0 aliphatic rings. The number of hydrogen-bond donors (Lipinski definition) is 0. The van der Waals surface area contributed by atoms with E-state index < -0.39 is 0 Å². The summed E-state index contributed by atoms with van der Waals surface area (Å²) in [7, 11) is 0. The summed E-state index contributed by atoms with van der Waals surface area (Å²) in [5.74, 6) is 0.632. The van der Waals surface area contributed by atoms with E-state index in [1.807, 2.05) is 53.4 Å². The van der Waals surface area contributed by atoms with Gasteiger partial charge < -0.3 is 4.40 Å². The Morgan fingerprint density at radius 2 is 1.86 bits per heavy atom. The molecule has 1 aromatic carbocycles. The van der Waals surface area contributed by atoms with Crippen molar-refractivity contribution < 1.29 is 0 Å². The molecule has 5 rings (SSSR count). The van der Waals surface area contributed by atoms with E-state index >= 15 is 0 Å². The predicted molar refractivity (Wildman–Crippen MR) is 110 cm³/mol. The maximum atomic E-state index is 6.32. The van der Waals surface area contributed by atoms with E-state index in [4.69, 9.17) is 28.2 Å². The molecule has 0 fully saturated rings. The minimum atomic E-state index is 0.605. The molecule has 0 saturated carbocycles. The Hall–Kier alpha value is -2.96. The summed E-state index contributed by atoms with van der Waals surface area (Å²) in [6.45, 7) is 3.88. The lowest BCUT2D eigenvalue weighted by atomic mass is 10.2. The SMILES string of the molecule is Cc1ncc(C)n2nc(-c3ccn4cc(-c5cc(Cl)ccc5Cl)nc4c3)nc12. The van der Waals surface area contributed by atoms with Gasteiger partial charge in [-0.3, -0.25) is 4.98 Å². The van der Waals surface area contributed by atoms with Crippen LogP contribution in [0.25, 0.3) is 33.9 Å². The van der Waals surface area contributed by atoms with Gasteiger partial charge in [0.1, 0.15) is 5.65 Å². The Morgan fingerprint density at radius 1 is 1.00 bits per heavy atom. The zero-order valence-corrected chi connectivity index (χ0v) is 16.6. The van der Waals surface area contributed by atoms with Crippen LogP contribution in [-0.4, -0.2) is 29.0 Å². The third kappa shape index (κ3) is 2.73. The molecule has 28 heavy (non-hydrogen) atoms. The lowest BCUT2D eigenvalue weighted by Crippen LogP contribution is -1.97. The van der Waals surface area contributed by atoms with Crippen LogP contribution in [0.2, 0.25) is 10.0 Å². The van der Waals surface area contributed by atoms with Crippen molar-refractivity contribution in [2.45, 2.75) is 13.8 Å². The Labute approximate surface area is 170 Å².